The fraction of sp³-hybridized carbons (Fsp3) is 0.533. The van der Waals surface area contributed by atoms with E-state index in [0.29, 0.717) is 12.4 Å². The third kappa shape index (κ3) is 2.98. The van der Waals surface area contributed by atoms with E-state index in [9.17, 15) is 4.79 Å². The van der Waals surface area contributed by atoms with E-state index >= 15 is 0 Å². The van der Waals surface area contributed by atoms with Crippen LogP contribution in [0.2, 0.25) is 0 Å². The van der Waals surface area contributed by atoms with E-state index in [2.05, 4.69) is 25.8 Å². The number of fused-ring (bicyclic) bond motifs is 1. The average Bonchev–Trinajstić information content (AvgIpc) is 2.85. The zero-order chi connectivity index (χ0) is 15.5. The van der Waals surface area contributed by atoms with Gasteiger partial charge in [-0.25, -0.2) is 4.68 Å². The molecule has 0 aliphatic carbocycles. The van der Waals surface area contributed by atoms with Gasteiger partial charge in [0.15, 0.2) is 5.82 Å². The van der Waals surface area contributed by atoms with E-state index in [1.807, 2.05) is 26.1 Å². The molecule has 3 heterocycles. The van der Waals surface area contributed by atoms with Crippen LogP contribution < -0.4 is 5.32 Å². The molecule has 0 fully saturated rings. The Morgan fingerprint density at radius 3 is 3.09 bits per heavy atom. The molecule has 0 aromatic carbocycles. The van der Waals surface area contributed by atoms with Gasteiger partial charge in [0.25, 0.3) is 0 Å². The van der Waals surface area contributed by atoms with Gasteiger partial charge >= 0.3 is 0 Å². The number of amides is 1. The minimum Gasteiger partial charge on any atom is -0.351 e. The Morgan fingerprint density at radius 2 is 2.27 bits per heavy atom. The maximum absolute atomic E-state index is 12.5. The molecule has 3 rings (SSSR count). The van der Waals surface area contributed by atoms with Gasteiger partial charge in [-0.2, -0.15) is 0 Å². The molecule has 0 saturated heterocycles. The fourth-order valence-electron chi connectivity index (χ4n) is 2.82. The second-order valence-electron chi connectivity index (χ2n) is 5.78. The maximum atomic E-state index is 12.5. The molecule has 0 unspecified atom stereocenters. The molecule has 1 atom stereocenters. The SMILES string of the molecule is Cc1cc(C)c(CNC(=O)[C@@H]2CCCCn3nnnc32)cn1. The van der Waals surface area contributed by atoms with Gasteiger partial charge in [0.1, 0.15) is 0 Å². The van der Waals surface area contributed by atoms with Crippen LogP contribution in [-0.4, -0.2) is 31.1 Å². The molecule has 7 nitrogen and oxygen atoms in total. The van der Waals surface area contributed by atoms with Crippen LogP contribution in [-0.2, 0) is 17.9 Å². The summed E-state index contributed by atoms with van der Waals surface area (Å²) in [4.78, 5) is 16.8. The summed E-state index contributed by atoms with van der Waals surface area (Å²) >= 11 is 0. The molecule has 0 spiro atoms. The lowest BCUT2D eigenvalue weighted by atomic mass is 10.0. The van der Waals surface area contributed by atoms with Crippen LogP contribution in [0, 0.1) is 13.8 Å². The normalized spacial score (nSPS) is 17.6. The molecule has 116 valence electrons. The molecule has 2 aromatic rings. The second kappa shape index (κ2) is 6.21. The van der Waals surface area contributed by atoms with Crippen molar-refractivity contribution in [2.45, 2.75) is 52.1 Å². The van der Waals surface area contributed by atoms with E-state index < -0.39 is 0 Å². The average molecular weight is 300 g/mol. The van der Waals surface area contributed by atoms with Crippen LogP contribution >= 0.6 is 0 Å². The Hall–Kier alpha value is -2.31. The highest BCUT2D eigenvalue weighted by Crippen LogP contribution is 2.24. The summed E-state index contributed by atoms with van der Waals surface area (Å²) in [6, 6.07) is 2.02. The van der Waals surface area contributed by atoms with Crippen molar-refractivity contribution in [3.05, 3.63) is 34.9 Å². The smallest absolute Gasteiger partial charge is 0.231 e. The number of carbonyl (C=O) groups is 1. The number of hydrogen-bond donors (Lipinski definition) is 1. The molecule has 1 aliphatic rings. The van der Waals surface area contributed by atoms with E-state index in [4.69, 9.17) is 0 Å². The van der Waals surface area contributed by atoms with Crippen molar-refractivity contribution in [1.29, 1.82) is 0 Å². The van der Waals surface area contributed by atoms with Crippen LogP contribution in [0.15, 0.2) is 12.3 Å². The molecule has 22 heavy (non-hydrogen) atoms. The van der Waals surface area contributed by atoms with Gasteiger partial charge in [-0.05, 0) is 54.3 Å². The minimum absolute atomic E-state index is 0.0158. The van der Waals surface area contributed by atoms with Gasteiger partial charge in [0.05, 0.1) is 5.92 Å². The number of aryl methyl sites for hydroxylation is 3. The molecule has 1 aliphatic heterocycles. The molecule has 1 N–H and O–H groups in total. The third-order valence-corrected chi connectivity index (χ3v) is 4.11. The first-order valence-electron chi connectivity index (χ1n) is 7.61. The molecule has 7 heteroatoms. The van der Waals surface area contributed by atoms with Crippen molar-refractivity contribution < 1.29 is 4.79 Å². The monoisotopic (exact) mass is 300 g/mol. The highest BCUT2D eigenvalue weighted by molar-refractivity contribution is 5.82. The zero-order valence-corrected chi connectivity index (χ0v) is 12.9. The number of aromatic nitrogens is 5. The predicted molar refractivity (Wildman–Crippen MR) is 80.0 cm³/mol. The van der Waals surface area contributed by atoms with Gasteiger partial charge in [0.2, 0.25) is 5.91 Å². The van der Waals surface area contributed by atoms with Crippen LogP contribution in [0.1, 0.15) is 47.8 Å². The van der Waals surface area contributed by atoms with Crippen molar-refractivity contribution in [3.8, 4) is 0 Å². The Morgan fingerprint density at radius 1 is 1.41 bits per heavy atom. The topological polar surface area (TPSA) is 85.6 Å². The number of carbonyl (C=O) groups excluding carboxylic acids is 1. The predicted octanol–water partition coefficient (Wildman–Crippen LogP) is 1.27. The number of rotatable bonds is 3. The molecule has 1 amide bonds. The van der Waals surface area contributed by atoms with Crippen molar-refractivity contribution >= 4 is 5.91 Å². The highest BCUT2D eigenvalue weighted by atomic mass is 16.1. The Kier molecular flexibility index (Phi) is 4.13. The number of hydrogen-bond acceptors (Lipinski definition) is 5. The fourth-order valence-corrected chi connectivity index (χ4v) is 2.82. The maximum Gasteiger partial charge on any atom is 0.231 e. The van der Waals surface area contributed by atoms with E-state index in [0.717, 1.165) is 42.6 Å². The molecule has 0 radical (unpaired) electrons. The first-order chi connectivity index (χ1) is 10.6. The summed E-state index contributed by atoms with van der Waals surface area (Å²) in [5, 5.41) is 14.7. The molecular weight excluding hydrogens is 280 g/mol. The van der Waals surface area contributed by atoms with Gasteiger partial charge < -0.3 is 5.32 Å². The summed E-state index contributed by atoms with van der Waals surface area (Å²) in [6.07, 6.45) is 4.61. The van der Waals surface area contributed by atoms with Gasteiger partial charge in [-0.3, -0.25) is 9.78 Å². The number of nitrogens with zero attached hydrogens (tertiary/aromatic N) is 5. The minimum atomic E-state index is -0.267. The van der Waals surface area contributed by atoms with E-state index in [-0.39, 0.29) is 11.8 Å². The number of nitrogens with one attached hydrogen (secondary N) is 1. The standard InChI is InChI=1S/C15H20N6O/c1-10-7-11(2)16-8-12(10)9-17-15(22)13-5-3-4-6-21-14(13)18-19-20-21/h7-8,13H,3-6,9H2,1-2H3,(H,17,22)/t13-/m1/s1. The van der Waals surface area contributed by atoms with Crippen LogP contribution in [0.3, 0.4) is 0 Å². The Balaban J connectivity index is 1.70. The van der Waals surface area contributed by atoms with Crippen LogP contribution in [0.25, 0.3) is 0 Å². The van der Waals surface area contributed by atoms with Crippen LogP contribution in [0.4, 0.5) is 0 Å². The van der Waals surface area contributed by atoms with Crippen molar-refractivity contribution in [2.24, 2.45) is 0 Å². The highest BCUT2D eigenvalue weighted by Gasteiger charge is 2.28. The first kappa shape index (κ1) is 14.6. The van der Waals surface area contributed by atoms with Crippen molar-refractivity contribution in [3.63, 3.8) is 0 Å². The summed E-state index contributed by atoms with van der Waals surface area (Å²) in [5.74, 6) is 0.392. The quantitative estimate of drug-likeness (QED) is 0.922. The van der Waals surface area contributed by atoms with E-state index in [1.54, 1.807) is 4.68 Å². The van der Waals surface area contributed by atoms with Gasteiger partial charge in [0, 0.05) is 25.0 Å². The zero-order valence-electron chi connectivity index (χ0n) is 12.9. The molecule has 0 saturated carbocycles. The second-order valence-corrected chi connectivity index (χ2v) is 5.78. The van der Waals surface area contributed by atoms with Gasteiger partial charge in [-0.15, -0.1) is 5.10 Å². The molecule has 0 bridgehead atoms. The third-order valence-electron chi connectivity index (χ3n) is 4.11. The summed E-state index contributed by atoms with van der Waals surface area (Å²) < 4.78 is 1.75. The Labute approximate surface area is 129 Å². The van der Waals surface area contributed by atoms with Gasteiger partial charge in [-0.1, -0.05) is 6.42 Å². The lowest BCUT2D eigenvalue weighted by Gasteiger charge is -2.14. The van der Waals surface area contributed by atoms with E-state index in [1.165, 1.54) is 0 Å². The summed E-state index contributed by atoms with van der Waals surface area (Å²) in [6.45, 7) is 5.26. The number of pyridine rings is 1. The molecule has 2 aromatic heterocycles. The Bertz CT molecular complexity index is 680. The summed E-state index contributed by atoms with van der Waals surface area (Å²) in [7, 11) is 0. The van der Waals surface area contributed by atoms with Crippen LogP contribution in [0.5, 0.6) is 0 Å². The number of tetrazole rings is 1. The summed E-state index contributed by atoms with van der Waals surface area (Å²) in [5.41, 5.74) is 3.15. The molecular formula is C15H20N6O. The lowest BCUT2D eigenvalue weighted by molar-refractivity contribution is -0.123. The lowest BCUT2D eigenvalue weighted by Crippen LogP contribution is -2.30. The van der Waals surface area contributed by atoms with Crippen molar-refractivity contribution in [1.82, 2.24) is 30.5 Å². The first-order valence-corrected chi connectivity index (χ1v) is 7.61. The largest absolute Gasteiger partial charge is 0.351 e. The van der Waals surface area contributed by atoms with Crippen molar-refractivity contribution in [2.75, 3.05) is 0 Å².